The van der Waals surface area contributed by atoms with Gasteiger partial charge in [-0.05, 0) is 12.1 Å². The Labute approximate surface area is 166 Å². The number of amides is 1. The lowest BCUT2D eigenvalue weighted by molar-refractivity contribution is -0.138. The smallest absolute Gasteiger partial charge is 0.303 e. The summed E-state index contributed by atoms with van der Waals surface area (Å²) in [6.45, 7) is 0. The second kappa shape index (κ2) is 8.00. The average Bonchev–Trinajstić information content (AvgIpc) is 3.10. The number of aliphatic carboxylic acids is 1. The van der Waals surface area contributed by atoms with E-state index in [4.69, 9.17) is 14.6 Å². The molecule has 11 heteroatoms. The number of hydrogen-bond acceptors (Lipinski definition) is 7. The molecule has 2 aliphatic heterocycles. The number of carbonyl (C=O) groups excluding carboxylic acids is 1. The normalized spacial score (nSPS) is 24.2. The number of nitrogens with zero attached hydrogens (tertiary/aromatic N) is 2. The molecule has 152 valence electrons. The molecule has 1 aromatic carbocycles. The fraction of sp³-hybridized carbons (Fsp3) is 0.471. The Hall–Kier alpha value is -2.27. The second-order valence-electron chi connectivity index (χ2n) is 6.39. The number of amidine groups is 1. The van der Waals surface area contributed by atoms with E-state index in [2.05, 4.69) is 4.99 Å². The number of hydrogen-bond donors (Lipinski definition) is 1. The van der Waals surface area contributed by atoms with Crippen molar-refractivity contribution in [2.75, 3.05) is 30.6 Å². The number of ether oxygens (including phenoxy) is 2. The molecule has 2 heterocycles. The van der Waals surface area contributed by atoms with Gasteiger partial charge in [0.1, 0.15) is 11.5 Å². The number of aliphatic imine (C=N–C) groups is 1. The van der Waals surface area contributed by atoms with Gasteiger partial charge in [-0.1, -0.05) is 11.8 Å². The molecular formula is C17H20N2O7S2. The quantitative estimate of drug-likeness (QED) is 0.711. The number of thioether (sulfide) groups is 1. The molecule has 1 aromatic rings. The zero-order valence-corrected chi connectivity index (χ0v) is 17.0. The predicted octanol–water partition coefficient (Wildman–Crippen LogP) is 1.17. The van der Waals surface area contributed by atoms with Gasteiger partial charge >= 0.3 is 5.97 Å². The Kier molecular flexibility index (Phi) is 5.84. The molecule has 0 bridgehead atoms. The number of carbonyl (C=O) groups is 2. The van der Waals surface area contributed by atoms with Crippen molar-refractivity contribution in [2.24, 2.45) is 4.99 Å². The zero-order valence-electron chi connectivity index (χ0n) is 15.3. The number of methoxy groups -OCH3 is 2. The Balaban J connectivity index is 1.99. The lowest BCUT2D eigenvalue weighted by Gasteiger charge is -2.26. The highest BCUT2D eigenvalue weighted by molar-refractivity contribution is 8.16. The van der Waals surface area contributed by atoms with Gasteiger partial charge in [-0.3, -0.25) is 9.59 Å². The summed E-state index contributed by atoms with van der Waals surface area (Å²) in [6.07, 6.45) is -0.534. The maximum atomic E-state index is 12.1. The summed E-state index contributed by atoms with van der Waals surface area (Å²) in [5.74, 6) is -0.675. The van der Waals surface area contributed by atoms with Crippen LogP contribution < -0.4 is 14.4 Å². The fourth-order valence-corrected chi connectivity index (χ4v) is 7.13. The summed E-state index contributed by atoms with van der Waals surface area (Å²) in [7, 11) is -0.191. The van der Waals surface area contributed by atoms with E-state index in [-0.39, 0.29) is 35.6 Å². The van der Waals surface area contributed by atoms with Crippen LogP contribution in [-0.2, 0) is 19.4 Å². The highest BCUT2D eigenvalue weighted by atomic mass is 32.2. The van der Waals surface area contributed by atoms with Gasteiger partial charge < -0.3 is 19.5 Å². The topological polar surface area (TPSA) is 123 Å². The molecule has 1 amide bonds. The molecule has 9 nitrogen and oxygen atoms in total. The van der Waals surface area contributed by atoms with Crippen LogP contribution in [0, 0.1) is 0 Å². The maximum Gasteiger partial charge on any atom is 0.303 e. The Morgan fingerprint density at radius 3 is 2.64 bits per heavy atom. The minimum atomic E-state index is -3.20. The molecule has 2 atom stereocenters. The third-order valence-electron chi connectivity index (χ3n) is 4.49. The van der Waals surface area contributed by atoms with Crippen molar-refractivity contribution >= 4 is 44.3 Å². The van der Waals surface area contributed by atoms with Gasteiger partial charge in [-0.15, -0.1) is 0 Å². The minimum Gasteiger partial charge on any atom is -0.497 e. The number of fused-ring (bicyclic) bond motifs is 1. The van der Waals surface area contributed by atoms with Crippen molar-refractivity contribution in [1.29, 1.82) is 0 Å². The van der Waals surface area contributed by atoms with E-state index in [0.29, 0.717) is 22.4 Å². The number of carboxylic acid groups (broad SMARTS) is 1. The molecule has 2 fully saturated rings. The van der Waals surface area contributed by atoms with Gasteiger partial charge in [-0.2, -0.15) is 4.99 Å². The maximum absolute atomic E-state index is 12.1. The summed E-state index contributed by atoms with van der Waals surface area (Å²) in [5.41, 5.74) is 0.574. The van der Waals surface area contributed by atoms with Crippen molar-refractivity contribution in [3.63, 3.8) is 0 Å². The molecule has 0 spiro atoms. The van der Waals surface area contributed by atoms with E-state index < -0.39 is 21.7 Å². The lowest BCUT2D eigenvalue weighted by atomic mass is 10.2. The molecule has 0 saturated carbocycles. The molecule has 3 rings (SSSR count). The van der Waals surface area contributed by atoms with Crippen molar-refractivity contribution in [1.82, 2.24) is 0 Å². The average molecular weight is 428 g/mol. The molecule has 2 aliphatic rings. The van der Waals surface area contributed by atoms with Gasteiger partial charge in [0.05, 0.1) is 43.9 Å². The SMILES string of the molecule is COc1ccc(N2C(=NC(=O)CCC(=O)O)S[C@H]3CS(=O)(=O)C[C@@H]32)c(OC)c1. The Bertz CT molecular complexity index is 929. The van der Waals surface area contributed by atoms with Crippen molar-refractivity contribution < 1.29 is 32.6 Å². The first-order valence-electron chi connectivity index (χ1n) is 8.45. The Morgan fingerprint density at radius 2 is 2.00 bits per heavy atom. The minimum absolute atomic E-state index is 0.000357. The van der Waals surface area contributed by atoms with Gasteiger partial charge in [-0.25, -0.2) is 8.42 Å². The summed E-state index contributed by atoms with van der Waals surface area (Å²) >= 11 is 1.22. The standard InChI is InChI=1S/C17H20N2O7S2/c1-25-10-3-4-11(13(7-10)26-2)19-12-8-28(23,24)9-14(12)27-17(19)18-15(20)5-6-16(21)22/h3-4,7,12,14H,5-6,8-9H2,1-2H3,(H,21,22)/t12-,14-/m0/s1. The van der Waals surface area contributed by atoms with Crippen LogP contribution in [0.5, 0.6) is 11.5 Å². The van der Waals surface area contributed by atoms with Crippen LogP contribution in [0.1, 0.15) is 12.8 Å². The number of sulfone groups is 1. The van der Waals surface area contributed by atoms with Crippen molar-refractivity contribution in [3.05, 3.63) is 18.2 Å². The van der Waals surface area contributed by atoms with Crippen molar-refractivity contribution in [2.45, 2.75) is 24.1 Å². The van der Waals surface area contributed by atoms with Crippen LogP contribution in [0.4, 0.5) is 5.69 Å². The van der Waals surface area contributed by atoms with Crippen molar-refractivity contribution in [3.8, 4) is 11.5 Å². The third kappa shape index (κ3) is 4.25. The van der Waals surface area contributed by atoms with Gasteiger partial charge in [0, 0.05) is 17.7 Å². The van der Waals surface area contributed by atoms with E-state index in [1.165, 1.54) is 26.0 Å². The number of rotatable bonds is 6. The summed E-state index contributed by atoms with van der Waals surface area (Å²) in [4.78, 5) is 28.6. The number of benzene rings is 1. The van der Waals surface area contributed by atoms with Crippen LogP contribution >= 0.6 is 11.8 Å². The molecule has 2 saturated heterocycles. The van der Waals surface area contributed by atoms with E-state index in [1.54, 1.807) is 23.1 Å². The van der Waals surface area contributed by atoms with Crippen LogP contribution in [0.3, 0.4) is 0 Å². The van der Waals surface area contributed by atoms with E-state index in [1.807, 2.05) is 0 Å². The summed E-state index contributed by atoms with van der Waals surface area (Å²) < 4.78 is 34.9. The fourth-order valence-electron chi connectivity index (χ4n) is 3.21. The number of carboxylic acids is 1. The highest BCUT2D eigenvalue weighted by Gasteiger charge is 2.50. The van der Waals surface area contributed by atoms with Gasteiger partial charge in [0.15, 0.2) is 15.0 Å². The lowest BCUT2D eigenvalue weighted by Crippen LogP contribution is -2.38. The molecule has 28 heavy (non-hydrogen) atoms. The first kappa shape index (κ1) is 20.5. The largest absolute Gasteiger partial charge is 0.497 e. The van der Waals surface area contributed by atoms with E-state index in [0.717, 1.165) is 0 Å². The molecule has 0 unspecified atom stereocenters. The van der Waals surface area contributed by atoms with Gasteiger partial charge in [0.25, 0.3) is 0 Å². The van der Waals surface area contributed by atoms with Gasteiger partial charge in [0.2, 0.25) is 5.91 Å². The molecule has 0 aromatic heterocycles. The first-order valence-corrected chi connectivity index (χ1v) is 11.2. The van der Waals surface area contributed by atoms with Crippen LogP contribution in [-0.4, -0.2) is 67.6 Å². The number of anilines is 1. The first-order chi connectivity index (χ1) is 13.2. The second-order valence-corrected chi connectivity index (χ2v) is 9.75. The Morgan fingerprint density at radius 1 is 1.25 bits per heavy atom. The zero-order chi connectivity index (χ0) is 20.5. The molecular weight excluding hydrogens is 408 g/mol. The highest BCUT2D eigenvalue weighted by Crippen LogP contribution is 2.44. The summed E-state index contributed by atoms with van der Waals surface area (Å²) in [5, 5.41) is 8.84. The summed E-state index contributed by atoms with van der Waals surface area (Å²) in [6, 6.07) is 4.72. The van der Waals surface area contributed by atoms with Crippen LogP contribution in [0.2, 0.25) is 0 Å². The van der Waals surface area contributed by atoms with Crippen LogP contribution in [0.25, 0.3) is 0 Å². The third-order valence-corrected chi connectivity index (χ3v) is 7.70. The van der Waals surface area contributed by atoms with E-state index in [9.17, 15) is 18.0 Å². The monoisotopic (exact) mass is 428 g/mol. The predicted molar refractivity (Wildman–Crippen MR) is 105 cm³/mol. The molecule has 0 radical (unpaired) electrons. The molecule has 0 aliphatic carbocycles. The van der Waals surface area contributed by atoms with E-state index >= 15 is 0 Å². The molecule has 1 N–H and O–H groups in total. The van der Waals surface area contributed by atoms with Crippen LogP contribution in [0.15, 0.2) is 23.2 Å².